The van der Waals surface area contributed by atoms with Gasteiger partial charge in [0, 0.05) is 61.8 Å². The van der Waals surface area contributed by atoms with Crippen LogP contribution in [0.5, 0.6) is 0 Å². The highest BCUT2D eigenvalue weighted by atomic mass is 16.3. The Labute approximate surface area is 326 Å². The van der Waals surface area contributed by atoms with Crippen LogP contribution in [0, 0.1) is 0 Å². The molecule has 3 heterocycles. The first-order valence-corrected chi connectivity index (χ1v) is 19.2. The highest BCUT2D eigenvalue weighted by Crippen LogP contribution is 2.49. The zero-order valence-electron chi connectivity index (χ0n) is 30.6. The molecular formula is C52H32N2O3. The van der Waals surface area contributed by atoms with Crippen LogP contribution in [0.3, 0.4) is 0 Å². The summed E-state index contributed by atoms with van der Waals surface area (Å²) >= 11 is 0. The predicted octanol–water partition coefficient (Wildman–Crippen LogP) is 15.5. The lowest BCUT2D eigenvalue weighted by atomic mass is 10.0. The third kappa shape index (κ3) is 5.03. The van der Waals surface area contributed by atoms with Crippen LogP contribution < -0.4 is 9.80 Å². The number of rotatable bonds is 6. The van der Waals surface area contributed by atoms with E-state index in [9.17, 15) is 0 Å². The van der Waals surface area contributed by atoms with E-state index in [2.05, 4.69) is 180 Å². The third-order valence-corrected chi connectivity index (χ3v) is 11.2. The molecule has 0 saturated heterocycles. The molecule has 0 bridgehead atoms. The summed E-state index contributed by atoms with van der Waals surface area (Å²) in [5, 5.41) is 8.70. The third-order valence-electron chi connectivity index (χ3n) is 11.2. The van der Waals surface area contributed by atoms with Crippen molar-refractivity contribution >= 4 is 111 Å². The van der Waals surface area contributed by atoms with Crippen molar-refractivity contribution in [1.29, 1.82) is 0 Å². The van der Waals surface area contributed by atoms with Gasteiger partial charge in [0.25, 0.3) is 0 Å². The molecule has 0 N–H and O–H groups in total. The quantitative estimate of drug-likeness (QED) is 0.170. The fourth-order valence-corrected chi connectivity index (χ4v) is 8.60. The Balaban J connectivity index is 1.17. The predicted molar refractivity (Wildman–Crippen MR) is 235 cm³/mol. The second kappa shape index (κ2) is 12.4. The first-order chi connectivity index (χ1) is 28.2. The van der Waals surface area contributed by atoms with E-state index >= 15 is 0 Å². The van der Waals surface area contributed by atoms with E-state index in [1.165, 1.54) is 0 Å². The Morgan fingerprint density at radius 3 is 1.53 bits per heavy atom. The summed E-state index contributed by atoms with van der Waals surface area (Å²) < 4.78 is 19.7. The molecule has 0 amide bonds. The van der Waals surface area contributed by atoms with E-state index in [4.69, 9.17) is 13.3 Å². The molecule has 0 unspecified atom stereocenters. The smallest absolute Gasteiger partial charge is 0.139 e. The van der Waals surface area contributed by atoms with Crippen molar-refractivity contribution in [3.63, 3.8) is 0 Å². The molecule has 12 rings (SSSR count). The lowest BCUT2D eigenvalue weighted by molar-refractivity contribution is 0.668. The van der Waals surface area contributed by atoms with Crippen molar-refractivity contribution in [2.75, 3.05) is 9.80 Å². The highest BCUT2D eigenvalue weighted by Gasteiger charge is 2.25. The summed E-state index contributed by atoms with van der Waals surface area (Å²) in [5.74, 6) is 0. The van der Waals surface area contributed by atoms with Gasteiger partial charge in [0.2, 0.25) is 0 Å². The Morgan fingerprint density at radius 2 is 0.772 bits per heavy atom. The molecule has 12 aromatic rings. The summed E-state index contributed by atoms with van der Waals surface area (Å²) in [7, 11) is 0. The molecule has 0 fully saturated rings. The van der Waals surface area contributed by atoms with Crippen LogP contribution in [0.1, 0.15) is 0 Å². The molecule has 0 radical (unpaired) electrons. The van der Waals surface area contributed by atoms with Gasteiger partial charge in [-0.15, -0.1) is 0 Å². The van der Waals surface area contributed by atoms with Crippen LogP contribution in [0.25, 0.3) is 76.6 Å². The van der Waals surface area contributed by atoms with Gasteiger partial charge in [-0.3, -0.25) is 0 Å². The van der Waals surface area contributed by atoms with Crippen molar-refractivity contribution in [3.8, 4) is 0 Å². The van der Waals surface area contributed by atoms with Gasteiger partial charge < -0.3 is 23.1 Å². The maximum atomic E-state index is 6.92. The normalized spacial score (nSPS) is 11.9. The minimum absolute atomic E-state index is 0.786. The van der Waals surface area contributed by atoms with E-state index in [0.717, 1.165) is 111 Å². The summed E-state index contributed by atoms with van der Waals surface area (Å²) in [6.07, 6.45) is 0. The van der Waals surface area contributed by atoms with E-state index < -0.39 is 0 Å². The molecule has 0 aliphatic rings. The van der Waals surface area contributed by atoms with Crippen LogP contribution in [0.15, 0.2) is 207 Å². The largest absolute Gasteiger partial charge is 0.456 e. The topological polar surface area (TPSA) is 45.9 Å². The number of benzene rings is 9. The molecule has 3 aromatic heterocycles. The van der Waals surface area contributed by atoms with E-state index in [1.807, 2.05) is 24.3 Å². The summed E-state index contributed by atoms with van der Waals surface area (Å²) in [4.78, 5) is 4.64. The number of anilines is 6. The average molecular weight is 733 g/mol. The minimum Gasteiger partial charge on any atom is -0.456 e. The molecule has 0 saturated carbocycles. The SMILES string of the molecule is c1ccc(N(c2ccc3c(c2)oc2ccccc23)c2cc(N(c3ccccc3)c3ccc4oc5ccccc5c4c3)c3c(c2)oc2cc4ccccc4cc23)cc1. The number of nitrogens with zero attached hydrogens (tertiary/aromatic N) is 2. The number of para-hydroxylation sites is 4. The molecule has 0 aliphatic heterocycles. The molecule has 0 atom stereocenters. The number of fused-ring (bicyclic) bond motifs is 10. The van der Waals surface area contributed by atoms with Gasteiger partial charge in [0.15, 0.2) is 0 Å². The number of furan rings is 3. The number of hydrogen-bond donors (Lipinski definition) is 0. The molecule has 57 heavy (non-hydrogen) atoms. The standard InChI is InChI=1S/C52H32N2O3/c1-3-15-35(16-4-1)53(38-23-25-42-40-19-9-11-21-46(40)56-50(42)31-38)39-30-45(52-44-27-33-13-7-8-14-34(33)28-49(44)57-51(52)32-39)54(36-17-5-2-6-18-36)37-24-26-48-43(29-37)41-20-10-12-22-47(41)55-48/h1-32H. The van der Waals surface area contributed by atoms with Crippen LogP contribution in [0.2, 0.25) is 0 Å². The maximum absolute atomic E-state index is 6.92. The molecule has 0 aliphatic carbocycles. The van der Waals surface area contributed by atoms with Gasteiger partial charge in [-0.25, -0.2) is 0 Å². The average Bonchev–Trinajstić information content (AvgIpc) is 3.94. The molecule has 268 valence electrons. The second-order valence-electron chi connectivity index (χ2n) is 14.5. The van der Waals surface area contributed by atoms with Crippen LogP contribution in [-0.4, -0.2) is 0 Å². The Bertz CT molecular complexity index is 3490. The first-order valence-electron chi connectivity index (χ1n) is 19.2. The number of hydrogen-bond acceptors (Lipinski definition) is 5. The van der Waals surface area contributed by atoms with Gasteiger partial charge in [-0.1, -0.05) is 97.1 Å². The van der Waals surface area contributed by atoms with Gasteiger partial charge in [0.1, 0.15) is 33.5 Å². The highest BCUT2D eigenvalue weighted by molar-refractivity contribution is 6.18. The van der Waals surface area contributed by atoms with Crippen molar-refractivity contribution < 1.29 is 13.3 Å². The molecule has 5 heteroatoms. The zero-order valence-corrected chi connectivity index (χ0v) is 30.6. The lowest BCUT2D eigenvalue weighted by Crippen LogP contribution is -2.13. The summed E-state index contributed by atoms with van der Waals surface area (Å²) in [6, 6.07) is 67.9. The second-order valence-corrected chi connectivity index (χ2v) is 14.5. The van der Waals surface area contributed by atoms with Crippen LogP contribution in [-0.2, 0) is 0 Å². The van der Waals surface area contributed by atoms with Gasteiger partial charge in [-0.2, -0.15) is 0 Å². The van der Waals surface area contributed by atoms with Crippen molar-refractivity contribution in [2.24, 2.45) is 0 Å². The van der Waals surface area contributed by atoms with Gasteiger partial charge in [-0.05, 0) is 95.7 Å². The maximum Gasteiger partial charge on any atom is 0.139 e. The van der Waals surface area contributed by atoms with Crippen LogP contribution >= 0.6 is 0 Å². The van der Waals surface area contributed by atoms with Crippen molar-refractivity contribution in [2.45, 2.75) is 0 Å². The zero-order chi connectivity index (χ0) is 37.5. The van der Waals surface area contributed by atoms with Gasteiger partial charge >= 0.3 is 0 Å². The summed E-state index contributed by atoms with van der Waals surface area (Å²) in [6.45, 7) is 0. The van der Waals surface area contributed by atoms with E-state index in [-0.39, 0.29) is 0 Å². The molecule has 0 spiro atoms. The van der Waals surface area contributed by atoms with Crippen LogP contribution in [0.4, 0.5) is 34.1 Å². The summed E-state index contributed by atoms with van der Waals surface area (Å²) in [5.41, 5.74) is 11.0. The fraction of sp³-hybridized carbons (Fsp3) is 0. The van der Waals surface area contributed by atoms with Gasteiger partial charge in [0.05, 0.1) is 16.8 Å². The molecular weight excluding hydrogens is 701 g/mol. The van der Waals surface area contributed by atoms with Crippen molar-refractivity contribution in [1.82, 2.24) is 0 Å². The van der Waals surface area contributed by atoms with E-state index in [1.54, 1.807) is 0 Å². The lowest BCUT2D eigenvalue weighted by Gasteiger charge is -2.30. The van der Waals surface area contributed by atoms with Crippen molar-refractivity contribution in [3.05, 3.63) is 194 Å². The molecule has 5 nitrogen and oxygen atoms in total. The first kappa shape index (κ1) is 31.6. The molecule has 9 aromatic carbocycles. The Kier molecular flexibility index (Phi) is 6.86. The Morgan fingerprint density at radius 1 is 0.263 bits per heavy atom. The van der Waals surface area contributed by atoms with E-state index in [0.29, 0.717) is 0 Å². The minimum atomic E-state index is 0.786. The Hall–Kier alpha value is -7.76. The fourth-order valence-electron chi connectivity index (χ4n) is 8.60. The monoisotopic (exact) mass is 732 g/mol.